The largest absolute Gasteiger partial charge is 0.418 e. The highest BCUT2D eigenvalue weighted by Gasteiger charge is 2.44. The van der Waals surface area contributed by atoms with Crippen molar-refractivity contribution >= 4 is 5.52 Å². The number of benzene rings is 1. The second-order valence-corrected chi connectivity index (χ2v) is 8.60. The van der Waals surface area contributed by atoms with E-state index < -0.39 is 22.8 Å². The summed E-state index contributed by atoms with van der Waals surface area (Å²) in [5, 5.41) is 8.43. The Kier molecular flexibility index (Phi) is 4.54. The van der Waals surface area contributed by atoms with E-state index in [0.29, 0.717) is 11.6 Å². The standard InChI is InChI=1S/C23H22F3N5O/c1-22(15-6-3-7-15,20-28-27-14-29(20)2)16-8-4-9-17(12-16)31-13-19-18(23(24,25)26)10-5-11-30(19)21(31)32/h4-5,8-15H,3,6-7H2,1-2H3. The summed E-state index contributed by atoms with van der Waals surface area (Å²) in [5.74, 6) is 1.19. The Morgan fingerprint density at radius 3 is 2.53 bits per heavy atom. The van der Waals surface area contributed by atoms with E-state index in [4.69, 9.17) is 0 Å². The van der Waals surface area contributed by atoms with Crippen LogP contribution in [0.3, 0.4) is 0 Å². The van der Waals surface area contributed by atoms with Crippen LogP contribution in [0.4, 0.5) is 13.2 Å². The molecule has 1 saturated carbocycles. The maximum atomic E-state index is 13.5. The van der Waals surface area contributed by atoms with Gasteiger partial charge in [-0.15, -0.1) is 10.2 Å². The Balaban J connectivity index is 1.68. The van der Waals surface area contributed by atoms with Crippen molar-refractivity contribution in [2.45, 2.75) is 37.8 Å². The maximum Gasteiger partial charge on any atom is 0.418 e. The number of aromatic nitrogens is 5. The number of rotatable bonds is 4. The molecule has 0 amide bonds. The predicted octanol–water partition coefficient (Wildman–Crippen LogP) is 4.34. The molecule has 3 aromatic heterocycles. The molecule has 0 N–H and O–H groups in total. The lowest BCUT2D eigenvalue weighted by Gasteiger charge is -2.42. The summed E-state index contributed by atoms with van der Waals surface area (Å²) in [4.78, 5) is 13.0. The zero-order valence-corrected chi connectivity index (χ0v) is 17.7. The average molecular weight is 441 g/mol. The van der Waals surface area contributed by atoms with Gasteiger partial charge in [0.1, 0.15) is 12.2 Å². The highest BCUT2D eigenvalue weighted by Crippen LogP contribution is 2.47. The number of halogens is 3. The molecule has 1 atom stereocenters. The summed E-state index contributed by atoms with van der Waals surface area (Å²) in [6.45, 7) is 2.13. The molecule has 0 aliphatic heterocycles. The van der Waals surface area contributed by atoms with E-state index in [2.05, 4.69) is 17.1 Å². The van der Waals surface area contributed by atoms with Crippen LogP contribution in [0.1, 0.15) is 43.1 Å². The number of aryl methyl sites for hydroxylation is 1. The molecule has 0 radical (unpaired) electrons. The third-order valence-electron chi connectivity index (χ3n) is 6.82. The second-order valence-electron chi connectivity index (χ2n) is 8.60. The average Bonchev–Trinajstić information content (AvgIpc) is 3.29. The molecule has 6 nitrogen and oxygen atoms in total. The third-order valence-corrected chi connectivity index (χ3v) is 6.82. The van der Waals surface area contributed by atoms with Gasteiger partial charge in [-0.05, 0) is 55.5 Å². The van der Waals surface area contributed by atoms with E-state index in [0.717, 1.165) is 41.1 Å². The van der Waals surface area contributed by atoms with Crippen LogP contribution in [-0.4, -0.2) is 23.7 Å². The van der Waals surface area contributed by atoms with Crippen molar-refractivity contribution in [3.63, 3.8) is 0 Å². The Morgan fingerprint density at radius 2 is 1.91 bits per heavy atom. The molecule has 1 unspecified atom stereocenters. The van der Waals surface area contributed by atoms with E-state index in [9.17, 15) is 18.0 Å². The molecular formula is C23H22F3N5O. The molecule has 1 fully saturated rings. The number of nitrogens with zero attached hydrogens (tertiary/aromatic N) is 5. The number of hydrogen-bond acceptors (Lipinski definition) is 3. The first-order valence-corrected chi connectivity index (χ1v) is 10.5. The van der Waals surface area contributed by atoms with Gasteiger partial charge in [-0.3, -0.25) is 8.97 Å². The highest BCUT2D eigenvalue weighted by atomic mass is 19.4. The second kappa shape index (κ2) is 7.08. The van der Waals surface area contributed by atoms with Crippen LogP contribution in [0.5, 0.6) is 0 Å². The predicted molar refractivity (Wildman–Crippen MR) is 113 cm³/mol. The van der Waals surface area contributed by atoms with Gasteiger partial charge in [0.05, 0.1) is 22.2 Å². The molecule has 32 heavy (non-hydrogen) atoms. The van der Waals surface area contributed by atoms with E-state index in [1.165, 1.54) is 23.0 Å². The van der Waals surface area contributed by atoms with E-state index in [1.807, 2.05) is 29.8 Å². The molecule has 4 aromatic rings. The van der Waals surface area contributed by atoms with Gasteiger partial charge in [0, 0.05) is 19.4 Å². The summed E-state index contributed by atoms with van der Waals surface area (Å²) in [5.41, 5.74) is -0.534. The molecule has 3 heterocycles. The fourth-order valence-corrected chi connectivity index (χ4v) is 4.80. The SMILES string of the molecule is Cn1cnnc1C(C)(c1cccc(-n2cc3c(C(F)(F)F)cccn3c2=O)c1)C1CCC1. The zero-order valence-electron chi connectivity index (χ0n) is 17.7. The van der Waals surface area contributed by atoms with E-state index >= 15 is 0 Å². The van der Waals surface area contributed by atoms with E-state index in [1.54, 1.807) is 12.4 Å². The summed E-state index contributed by atoms with van der Waals surface area (Å²) in [7, 11) is 1.90. The molecule has 0 saturated heterocycles. The molecule has 1 aliphatic carbocycles. The molecule has 1 aromatic carbocycles. The van der Waals surface area contributed by atoms with Gasteiger partial charge in [-0.2, -0.15) is 13.2 Å². The minimum Gasteiger partial charge on any atom is -0.320 e. The number of imidazole rings is 1. The van der Waals surface area contributed by atoms with Gasteiger partial charge in [0.25, 0.3) is 0 Å². The van der Waals surface area contributed by atoms with Crippen molar-refractivity contribution in [1.29, 1.82) is 0 Å². The fraction of sp³-hybridized carbons (Fsp3) is 0.348. The lowest BCUT2D eigenvalue weighted by Crippen LogP contribution is -2.40. The monoisotopic (exact) mass is 441 g/mol. The first kappa shape index (κ1) is 20.5. The minimum absolute atomic E-state index is 0.176. The van der Waals surface area contributed by atoms with Crippen molar-refractivity contribution in [2.75, 3.05) is 0 Å². The third kappa shape index (κ3) is 2.98. The maximum absolute atomic E-state index is 13.5. The Labute approximate surface area is 181 Å². The molecule has 9 heteroatoms. The van der Waals surface area contributed by atoms with Crippen LogP contribution < -0.4 is 5.69 Å². The summed E-state index contributed by atoms with van der Waals surface area (Å²) < 4.78 is 44.6. The first-order chi connectivity index (χ1) is 15.2. The Hall–Kier alpha value is -3.36. The molecule has 5 rings (SSSR count). The zero-order chi connectivity index (χ0) is 22.7. The minimum atomic E-state index is -4.55. The topological polar surface area (TPSA) is 57.1 Å². The van der Waals surface area contributed by atoms with Gasteiger partial charge in [-0.25, -0.2) is 4.79 Å². The van der Waals surface area contributed by atoms with Crippen LogP contribution in [0.15, 0.2) is 59.9 Å². The molecule has 0 spiro atoms. The molecular weight excluding hydrogens is 419 g/mol. The molecule has 0 bridgehead atoms. The van der Waals surface area contributed by atoms with Crippen molar-refractivity contribution < 1.29 is 13.2 Å². The van der Waals surface area contributed by atoms with Crippen molar-refractivity contribution in [2.24, 2.45) is 13.0 Å². The summed E-state index contributed by atoms with van der Waals surface area (Å²) in [6.07, 6.45) is 2.97. The van der Waals surface area contributed by atoms with Crippen LogP contribution in [0, 0.1) is 5.92 Å². The fourth-order valence-electron chi connectivity index (χ4n) is 4.80. The molecule has 1 aliphatic rings. The van der Waals surface area contributed by atoms with E-state index in [-0.39, 0.29) is 5.52 Å². The van der Waals surface area contributed by atoms with Crippen LogP contribution in [-0.2, 0) is 18.6 Å². The van der Waals surface area contributed by atoms with Gasteiger partial charge in [-0.1, -0.05) is 18.6 Å². The van der Waals surface area contributed by atoms with Gasteiger partial charge < -0.3 is 4.57 Å². The Morgan fingerprint density at radius 1 is 1.12 bits per heavy atom. The normalized spacial score (nSPS) is 16.8. The van der Waals surface area contributed by atoms with Gasteiger partial charge >= 0.3 is 11.9 Å². The number of fused-ring (bicyclic) bond motifs is 1. The van der Waals surface area contributed by atoms with Crippen LogP contribution in [0.25, 0.3) is 11.2 Å². The summed E-state index contributed by atoms with van der Waals surface area (Å²) >= 11 is 0. The summed E-state index contributed by atoms with van der Waals surface area (Å²) in [6, 6.07) is 9.64. The van der Waals surface area contributed by atoms with Crippen molar-refractivity contribution in [3.8, 4) is 5.69 Å². The van der Waals surface area contributed by atoms with Gasteiger partial charge in [0.2, 0.25) is 0 Å². The number of alkyl halides is 3. The van der Waals surface area contributed by atoms with Crippen molar-refractivity contribution in [3.05, 3.63) is 82.6 Å². The van der Waals surface area contributed by atoms with Crippen LogP contribution in [0.2, 0.25) is 0 Å². The highest BCUT2D eigenvalue weighted by molar-refractivity contribution is 5.57. The number of hydrogen-bond donors (Lipinski definition) is 0. The Bertz CT molecular complexity index is 1360. The lowest BCUT2D eigenvalue weighted by molar-refractivity contribution is -0.136. The smallest absolute Gasteiger partial charge is 0.320 e. The van der Waals surface area contributed by atoms with Crippen LogP contribution >= 0.6 is 0 Å². The first-order valence-electron chi connectivity index (χ1n) is 10.5. The lowest BCUT2D eigenvalue weighted by atomic mass is 9.62. The quantitative estimate of drug-likeness (QED) is 0.473. The van der Waals surface area contributed by atoms with Crippen molar-refractivity contribution in [1.82, 2.24) is 23.7 Å². The number of pyridine rings is 1. The molecule has 166 valence electrons. The van der Waals surface area contributed by atoms with Gasteiger partial charge in [0.15, 0.2) is 0 Å².